The highest BCUT2D eigenvalue weighted by Crippen LogP contribution is 2.39. The van der Waals surface area contributed by atoms with Crippen LogP contribution in [0.15, 0.2) is 99.9 Å². The molecule has 10 nitrogen and oxygen atoms in total. The number of azo groups is 2. The van der Waals surface area contributed by atoms with Crippen LogP contribution < -0.4 is 5.32 Å². The molecule has 0 fully saturated rings. The zero-order valence-electron chi connectivity index (χ0n) is 21.7. The van der Waals surface area contributed by atoms with E-state index in [9.17, 15) is 9.59 Å². The fraction of sp³-hybridized carbons (Fsp3) is 0.179. The van der Waals surface area contributed by atoms with E-state index in [1.165, 1.54) is 22.7 Å². The molecule has 2 aromatic carbocycles. The number of thiophene rings is 1. The second kappa shape index (κ2) is 14.0. The highest BCUT2D eigenvalue weighted by molar-refractivity contribution is 7.30. The molecular weight excluding hydrogens is 548 g/mol. The van der Waals surface area contributed by atoms with Crippen molar-refractivity contribution in [2.24, 2.45) is 20.5 Å². The van der Waals surface area contributed by atoms with Crippen LogP contribution in [0.5, 0.6) is 0 Å². The molecule has 0 unspecified atom stereocenters. The minimum atomic E-state index is -0.444. The van der Waals surface area contributed by atoms with Gasteiger partial charge in [0.05, 0.1) is 22.7 Å². The van der Waals surface area contributed by atoms with E-state index in [-0.39, 0.29) is 12.6 Å². The molecule has 12 heteroatoms. The maximum atomic E-state index is 11.5. The molecular formula is C28H26N6O4S2. The quantitative estimate of drug-likeness (QED) is 0.0746. The summed E-state index contributed by atoms with van der Waals surface area (Å²) in [6.07, 6.45) is 1.75. The van der Waals surface area contributed by atoms with E-state index in [4.69, 9.17) is 9.47 Å². The smallest absolute Gasteiger partial charge is 0.333 e. The molecule has 0 saturated heterocycles. The summed E-state index contributed by atoms with van der Waals surface area (Å²) in [7, 11) is 0. The molecule has 4 rings (SSSR count). The SMILES string of the molecule is C=CC(=O)OCCNc1ccc(N=Nc2nc3sc(N=Nc4ccc(CCOC(=O)C(=C)C)cc4)cc3s2)cc1. The lowest BCUT2D eigenvalue weighted by Crippen LogP contribution is -2.12. The van der Waals surface area contributed by atoms with Gasteiger partial charge in [0.2, 0.25) is 5.13 Å². The Hall–Kier alpha value is -4.55. The molecule has 40 heavy (non-hydrogen) atoms. The van der Waals surface area contributed by atoms with Crippen molar-refractivity contribution in [3.63, 3.8) is 0 Å². The maximum Gasteiger partial charge on any atom is 0.333 e. The van der Waals surface area contributed by atoms with Crippen molar-refractivity contribution >= 4 is 71.3 Å². The third kappa shape index (κ3) is 8.48. The lowest BCUT2D eigenvalue weighted by Gasteiger charge is -2.06. The Bertz CT molecular complexity index is 1520. The average molecular weight is 575 g/mol. The number of carbonyl (C=O) groups excluding carboxylic acids is 2. The number of nitrogens with zero attached hydrogens (tertiary/aromatic N) is 5. The van der Waals surface area contributed by atoms with Gasteiger partial charge in [-0.1, -0.05) is 48.0 Å². The van der Waals surface area contributed by atoms with Gasteiger partial charge in [0.1, 0.15) is 16.4 Å². The maximum absolute atomic E-state index is 11.5. The first-order valence-electron chi connectivity index (χ1n) is 12.2. The zero-order chi connectivity index (χ0) is 28.3. The van der Waals surface area contributed by atoms with Crippen LogP contribution >= 0.6 is 22.7 Å². The van der Waals surface area contributed by atoms with Crippen LogP contribution in [-0.2, 0) is 25.5 Å². The molecule has 0 aliphatic rings. The highest BCUT2D eigenvalue weighted by atomic mass is 32.1. The van der Waals surface area contributed by atoms with Gasteiger partial charge in [-0.15, -0.1) is 20.5 Å². The third-order valence-electron chi connectivity index (χ3n) is 5.20. The summed E-state index contributed by atoms with van der Waals surface area (Å²) in [5.41, 5.74) is 3.71. The zero-order valence-corrected chi connectivity index (χ0v) is 23.3. The number of thiazole rings is 1. The van der Waals surface area contributed by atoms with Crippen LogP contribution in [0.25, 0.3) is 9.53 Å². The van der Waals surface area contributed by atoms with Crippen molar-refractivity contribution in [3.8, 4) is 0 Å². The van der Waals surface area contributed by atoms with E-state index < -0.39 is 5.97 Å². The minimum Gasteiger partial charge on any atom is -0.462 e. The predicted molar refractivity (Wildman–Crippen MR) is 158 cm³/mol. The van der Waals surface area contributed by atoms with Crippen LogP contribution in [0.2, 0.25) is 0 Å². The number of rotatable bonds is 13. The summed E-state index contributed by atoms with van der Waals surface area (Å²) in [4.78, 5) is 27.8. The number of nitrogens with one attached hydrogen (secondary N) is 1. The number of ether oxygens (including phenoxy) is 2. The van der Waals surface area contributed by atoms with Crippen LogP contribution in [0.3, 0.4) is 0 Å². The van der Waals surface area contributed by atoms with Crippen LogP contribution in [0.4, 0.5) is 27.2 Å². The van der Waals surface area contributed by atoms with Crippen molar-refractivity contribution in [3.05, 3.63) is 85.0 Å². The van der Waals surface area contributed by atoms with Gasteiger partial charge in [-0.2, -0.15) is 0 Å². The predicted octanol–water partition coefficient (Wildman–Crippen LogP) is 7.99. The third-order valence-corrected chi connectivity index (χ3v) is 7.13. The van der Waals surface area contributed by atoms with E-state index in [0.717, 1.165) is 37.5 Å². The fourth-order valence-electron chi connectivity index (χ4n) is 3.18. The first-order valence-corrected chi connectivity index (χ1v) is 13.8. The van der Waals surface area contributed by atoms with Gasteiger partial charge in [0.25, 0.3) is 0 Å². The number of esters is 2. The summed E-state index contributed by atoms with van der Waals surface area (Å²) in [5.74, 6) is -0.825. The average Bonchev–Trinajstić information content (AvgIpc) is 3.52. The normalized spacial score (nSPS) is 11.2. The Morgan fingerprint density at radius 1 is 0.950 bits per heavy atom. The van der Waals surface area contributed by atoms with Crippen molar-refractivity contribution < 1.29 is 19.1 Å². The number of aromatic nitrogens is 1. The van der Waals surface area contributed by atoms with E-state index in [0.29, 0.717) is 36.0 Å². The molecule has 0 aliphatic heterocycles. The Kier molecular flexibility index (Phi) is 9.97. The lowest BCUT2D eigenvalue weighted by atomic mass is 10.1. The van der Waals surface area contributed by atoms with Gasteiger partial charge in [0.15, 0.2) is 0 Å². The first-order chi connectivity index (χ1) is 19.4. The van der Waals surface area contributed by atoms with E-state index >= 15 is 0 Å². The largest absolute Gasteiger partial charge is 0.462 e. The number of hydrogen-bond donors (Lipinski definition) is 1. The van der Waals surface area contributed by atoms with Crippen LogP contribution in [0.1, 0.15) is 12.5 Å². The number of anilines is 1. The number of benzene rings is 2. The Morgan fingerprint density at radius 3 is 2.33 bits per heavy atom. The van der Waals surface area contributed by atoms with E-state index in [1.807, 2.05) is 54.6 Å². The molecule has 0 atom stereocenters. The molecule has 1 N–H and O–H groups in total. The van der Waals surface area contributed by atoms with Crippen LogP contribution in [-0.4, -0.2) is 36.7 Å². The summed E-state index contributed by atoms with van der Waals surface area (Å²) < 4.78 is 11.0. The topological polar surface area (TPSA) is 127 Å². The molecule has 0 bridgehead atoms. The summed E-state index contributed by atoms with van der Waals surface area (Å²) in [5, 5.41) is 21.6. The summed E-state index contributed by atoms with van der Waals surface area (Å²) >= 11 is 2.86. The van der Waals surface area contributed by atoms with Gasteiger partial charge in [0, 0.05) is 30.3 Å². The van der Waals surface area contributed by atoms with Crippen molar-refractivity contribution in [1.29, 1.82) is 0 Å². The van der Waals surface area contributed by atoms with Gasteiger partial charge in [-0.25, -0.2) is 14.6 Å². The lowest BCUT2D eigenvalue weighted by molar-refractivity contribution is -0.139. The van der Waals surface area contributed by atoms with E-state index in [1.54, 1.807) is 6.92 Å². The molecule has 0 radical (unpaired) electrons. The first kappa shape index (κ1) is 28.5. The second-order valence-corrected chi connectivity index (χ2v) is 10.3. The van der Waals surface area contributed by atoms with Gasteiger partial charge >= 0.3 is 11.9 Å². The standard InChI is InChI=1S/C28H26N6O4S2/c1-4-25(35)37-16-14-29-20-9-11-22(12-10-20)32-34-28-30-26-23(39-28)17-24(40-26)33-31-21-7-5-19(6-8-21)13-15-38-27(36)18(2)3/h4-12,17,29H,1-2,13-16H2,3H3. The number of carbonyl (C=O) groups is 2. The van der Waals surface area contributed by atoms with Crippen LogP contribution in [0, 0.1) is 0 Å². The van der Waals surface area contributed by atoms with Gasteiger partial charge in [-0.05, 0) is 55.0 Å². The molecule has 2 heterocycles. The molecule has 4 aromatic rings. The molecule has 0 saturated carbocycles. The Balaban J connectivity index is 1.26. The number of hydrogen-bond acceptors (Lipinski definition) is 12. The molecule has 2 aromatic heterocycles. The molecule has 0 amide bonds. The van der Waals surface area contributed by atoms with Gasteiger partial charge in [-0.3, -0.25) is 0 Å². The monoisotopic (exact) mass is 574 g/mol. The Morgan fingerprint density at radius 2 is 1.65 bits per heavy atom. The van der Waals surface area contributed by atoms with E-state index in [2.05, 4.69) is 43.9 Å². The fourth-order valence-corrected chi connectivity index (χ4v) is 5.03. The molecule has 0 spiro atoms. The highest BCUT2D eigenvalue weighted by Gasteiger charge is 2.09. The summed E-state index contributed by atoms with van der Waals surface area (Å²) in [6, 6.07) is 16.9. The minimum absolute atomic E-state index is 0.251. The molecule has 204 valence electrons. The van der Waals surface area contributed by atoms with Crippen molar-refractivity contribution in [2.75, 3.05) is 25.1 Å². The number of fused-ring (bicyclic) bond motifs is 1. The summed E-state index contributed by atoms with van der Waals surface area (Å²) in [6.45, 7) is 9.58. The molecule has 0 aliphatic carbocycles. The van der Waals surface area contributed by atoms with Crippen molar-refractivity contribution in [1.82, 2.24) is 4.98 Å². The Labute approximate surface area is 238 Å². The van der Waals surface area contributed by atoms with Gasteiger partial charge < -0.3 is 14.8 Å². The second-order valence-electron chi connectivity index (χ2n) is 8.33. The van der Waals surface area contributed by atoms with Crippen molar-refractivity contribution in [2.45, 2.75) is 13.3 Å².